The van der Waals surface area contributed by atoms with Crippen molar-refractivity contribution in [2.24, 2.45) is 4.99 Å². The number of carbonyl (C=O) groups excluding carboxylic acids is 1. The second-order valence-corrected chi connectivity index (χ2v) is 10.0. The van der Waals surface area contributed by atoms with E-state index in [1.807, 2.05) is 0 Å². The van der Waals surface area contributed by atoms with Crippen LogP contribution in [-0.2, 0) is 9.53 Å². The van der Waals surface area contributed by atoms with E-state index < -0.39 is 18.0 Å². The maximum atomic E-state index is 13.9. The summed E-state index contributed by atoms with van der Waals surface area (Å²) in [5, 5.41) is 9.30. The number of furan rings is 1. The van der Waals surface area contributed by atoms with Crippen LogP contribution in [0.15, 0.2) is 80.1 Å². The van der Waals surface area contributed by atoms with Crippen LogP contribution in [0.5, 0.6) is 11.5 Å². The number of hydrogen-bond donors (Lipinski definition) is 1. The third-order valence-corrected chi connectivity index (χ3v) is 7.53. The molecule has 2 aromatic heterocycles. The van der Waals surface area contributed by atoms with Gasteiger partial charge in [-0.05, 0) is 50.2 Å². The molecule has 0 amide bonds. The lowest BCUT2D eigenvalue weighted by molar-refractivity contribution is -0.139. The molecule has 0 bridgehead atoms. The Morgan fingerprint density at radius 3 is 2.63 bits per heavy atom. The Morgan fingerprint density at radius 1 is 1.12 bits per heavy atom. The van der Waals surface area contributed by atoms with Gasteiger partial charge in [-0.3, -0.25) is 9.36 Å². The van der Waals surface area contributed by atoms with Crippen LogP contribution in [0, 0.1) is 0 Å². The number of aromatic nitrogens is 1. The number of hydrogen-bond acceptors (Lipinski definition) is 9. The van der Waals surface area contributed by atoms with E-state index in [4.69, 9.17) is 18.6 Å². The number of methoxy groups -OCH3 is 2. The first-order chi connectivity index (χ1) is 19.7. The van der Waals surface area contributed by atoms with E-state index in [9.17, 15) is 19.5 Å². The average Bonchev–Trinajstić information content (AvgIpc) is 3.56. The normalized spacial score (nSPS) is 14.8. The van der Waals surface area contributed by atoms with Crippen LogP contribution >= 0.6 is 11.3 Å². The highest BCUT2D eigenvalue weighted by Gasteiger charge is 2.35. The molecule has 5 rings (SSSR count). The maximum Gasteiger partial charge on any atom is 0.338 e. The van der Waals surface area contributed by atoms with E-state index >= 15 is 0 Å². The molecule has 11 heteroatoms. The van der Waals surface area contributed by atoms with E-state index in [-0.39, 0.29) is 23.3 Å². The van der Waals surface area contributed by atoms with Gasteiger partial charge in [0.25, 0.3) is 5.56 Å². The summed E-state index contributed by atoms with van der Waals surface area (Å²) in [6.45, 7) is 3.57. The number of aromatic carboxylic acids is 1. The standard InChI is InChI=1S/C30H26N2O8S/c1-5-39-29(36)25-16(2)31-30-32(26(25)21-11-9-19(37-3)14-23(21)38-4)27(33)24(41-30)15-20-10-12-22(40-20)17-7-6-8-18(13-17)28(34)35/h6-15,26H,5H2,1-4H3,(H,34,35). The number of benzene rings is 2. The number of carboxylic acids is 1. The van der Waals surface area contributed by atoms with Gasteiger partial charge in [0.05, 0.1) is 42.2 Å². The number of nitrogens with zero attached hydrogens (tertiary/aromatic N) is 2. The van der Waals surface area contributed by atoms with Crippen LogP contribution < -0.4 is 24.4 Å². The minimum absolute atomic E-state index is 0.135. The van der Waals surface area contributed by atoms with Gasteiger partial charge < -0.3 is 23.7 Å². The van der Waals surface area contributed by atoms with Gasteiger partial charge >= 0.3 is 11.9 Å². The second-order valence-electron chi connectivity index (χ2n) is 9.00. The van der Waals surface area contributed by atoms with Crippen molar-refractivity contribution >= 4 is 29.4 Å². The number of carboxylic acid groups (broad SMARTS) is 1. The van der Waals surface area contributed by atoms with Gasteiger partial charge in [-0.2, -0.15) is 0 Å². The monoisotopic (exact) mass is 574 g/mol. The predicted octanol–water partition coefficient (Wildman–Crippen LogP) is 3.77. The molecular weight excluding hydrogens is 548 g/mol. The summed E-state index contributed by atoms with van der Waals surface area (Å²) < 4.78 is 24.1. The molecule has 3 heterocycles. The van der Waals surface area contributed by atoms with Gasteiger partial charge in [0, 0.05) is 23.3 Å². The van der Waals surface area contributed by atoms with Gasteiger partial charge in [-0.25, -0.2) is 14.6 Å². The SMILES string of the molecule is CCOC(=O)C1=C(C)N=c2sc(=Cc3ccc(-c4cccc(C(=O)O)c4)o3)c(=O)n2C1c1ccc(OC)cc1OC. The highest BCUT2D eigenvalue weighted by molar-refractivity contribution is 7.07. The summed E-state index contributed by atoms with van der Waals surface area (Å²) in [5.41, 5.74) is 1.57. The van der Waals surface area contributed by atoms with Crippen molar-refractivity contribution in [3.05, 3.63) is 102 Å². The van der Waals surface area contributed by atoms with Gasteiger partial charge in [0.2, 0.25) is 0 Å². The lowest BCUT2D eigenvalue weighted by atomic mass is 9.95. The van der Waals surface area contributed by atoms with E-state index in [1.54, 1.807) is 62.4 Å². The van der Waals surface area contributed by atoms with Crippen molar-refractivity contribution in [3.63, 3.8) is 0 Å². The molecule has 0 saturated carbocycles. The van der Waals surface area contributed by atoms with Crippen LogP contribution in [0.4, 0.5) is 0 Å². The molecule has 0 fully saturated rings. The summed E-state index contributed by atoms with van der Waals surface area (Å²) in [6.07, 6.45) is 1.60. The fourth-order valence-corrected chi connectivity index (χ4v) is 5.68. The van der Waals surface area contributed by atoms with Gasteiger partial charge in [0.1, 0.15) is 29.1 Å². The zero-order valence-corrected chi connectivity index (χ0v) is 23.5. The molecule has 0 saturated heterocycles. The Morgan fingerprint density at radius 2 is 1.93 bits per heavy atom. The molecule has 2 aromatic carbocycles. The van der Waals surface area contributed by atoms with Crippen molar-refractivity contribution in [1.82, 2.24) is 4.57 Å². The molecule has 1 aliphatic rings. The second kappa shape index (κ2) is 11.3. The van der Waals surface area contributed by atoms with Crippen LogP contribution in [0.25, 0.3) is 17.4 Å². The zero-order chi connectivity index (χ0) is 29.3. The van der Waals surface area contributed by atoms with Crippen LogP contribution in [0.3, 0.4) is 0 Å². The highest BCUT2D eigenvalue weighted by Crippen LogP contribution is 2.37. The molecule has 41 heavy (non-hydrogen) atoms. The Balaban J connectivity index is 1.65. The Bertz CT molecular complexity index is 1880. The van der Waals surface area contributed by atoms with Crippen LogP contribution in [0.1, 0.15) is 41.6 Å². The maximum absolute atomic E-state index is 13.9. The third-order valence-electron chi connectivity index (χ3n) is 6.55. The van der Waals surface area contributed by atoms with Crippen molar-refractivity contribution in [2.45, 2.75) is 19.9 Å². The molecule has 1 atom stereocenters. The number of allylic oxidation sites excluding steroid dienone is 1. The van der Waals surface area contributed by atoms with Crippen LogP contribution in [-0.4, -0.2) is 42.4 Å². The number of fused-ring (bicyclic) bond motifs is 1. The number of carbonyl (C=O) groups is 2. The quantitative estimate of drug-likeness (QED) is 0.315. The minimum atomic E-state index is -1.04. The molecule has 4 aromatic rings. The average molecular weight is 575 g/mol. The number of esters is 1. The van der Waals surface area contributed by atoms with E-state index in [2.05, 4.69) is 4.99 Å². The van der Waals surface area contributed by atoms with Crippen molar-refractivity contribution < 1.29 is 33.3 Å². The molecule has 10 nitrogen and oxygen atoms in total. The first-order valence-electron chi connectivity index (χ1n) is 12.6. The molecule has 1 unspecified atom stereocenters. The summed E-state index contributed by atoms with van der Waals surface area (Å²) in [5.74, 6) is 0.211. The minimum Gasteiger partial charge on any atom is -0.497 e. The van der Waals surface area contributed by atoms with Crippen molar-refractivity contribution in [3.8, 4) is 22.8 Å². The largest absolute Gasteiger partial charge is 0.497 e. The molecule has 0 aliphatic carbocycles. The zero-order valence-electron chi connectivity index (χ0n) is 22.7. The molecule has 210 valence electrons. The lowest BCUT2D eigenvalue weighted by Gasteiger charge is -2.26. The smallest absolute Gasteiger partial charge is 0.338 e. The van der Waals surface area contributed by atoms with Gasteiger partial charge in [-0.15, -0.1) is 0 Å². The number of thiazole rings is 1. The number of rotatable bonds is 8. The summed E-state index contributed by atoms with van der Waals surface area (Å²) in [7, 11) is 3.04. The topological polar surface area (TPSA) is 130 Å². The predicted molar refractivity (Wildman–Crippen MR) is 151 cm³/mol. The molecule has 0 spiro atoms. The Kier molecular flexibility index (Phi) is 7.62. The van der Waals surface area contributed by atoms with Crippen molar-refractivity contribution in [1.29, 1.82) is 0 Å². The van der Waals surface area contributed by atoms with Crippen molar-refractivity contribution in [2.75, 3.05) is 20.8 Å². The fourth-order valence-electron chi connectivity index (χ4n) is 4.65. The summed E-state index contributed by atoms with van der Waals surface area (Å²) >= 11 is 1.16. The van der Waals surface area contributed by atoms with Crippen LogP contribution in [0.2, 0.25) is 0 Å². The van der Waals surface area contributed by atoms with Gasteiger partial charge in [-0.1, -0.05) is 23.5 Å². The Hall–Kier alpha value is -4.90. The first-order valence-corrected chi connectivity index (χ1v) is 13.4. The molecular formula is C30H26N2O8S. The number of ether oxygens (including phenoxy) is 3. The van der Waals surface area contributed by atoms with E-state index in [1.165, 1.54) is 30.9 Å². The summed E-state index contributed by atoms with van der Waals surface area (Å²) in [6, 6.07) is 14.1. The fraction of sp³-hybridized carbons (Fsp3) is 0.200. The summed E-state index contributed by atoms with van der Waals surface area (Å²) in [4.78, 5) is 43.4. The first kappa shape index (κ1) is 27.7. The molecule has 0 radical (unpaired) electrons. The van der Waals surface area contributed by atoms with Gasteiger partial charge in [0.15, 0.2) is 4.80 Å². The van der Waals surface area contributed by atoms with E-state index in [0.29, 0.717) is 49.2 Å². The third kappa shape index (κ3) is 5.19. The molecule has 1 N–H and O–H groups in total. The molecule has 1 aliphatic heterocycles. The Labute approximate surface area is 238 Å². The lowest BCUT2D eigenvalue weighted by Crippen LogP contribution is -2.40. The highest BCUT2D eigenvalue weighted by atomic mass is 32.1. The van der Waals surface area contributed by atoms with E-state index in [0.717, 1.165) is 11.3 Å².